The molecule has 0 aromatic rings. The fourth-order valence-corrected chi connectivity index (χ4v) is 1.04. The highest BCUT2D eigenvalue weighted by Gasteiger charge is 2.15. The molecular formula is C13H21NO4. The summed E-state index contributed by atoms with van der Waals surface area (Å²) in [7, 11) is 0. The Hall–Kier alpha value is -1.65. The average molecular weight is 255 g/mol. The third-order valence-electron chi connectivity index (χ3n) is 1.66. The summed E-state index contributed by atoms with van der Waals surface area (Å²) >= 11 is 0. The van der Waals surface area contributed by atoms with Crippen LogP contribution in [-0.2, 0) is 19.1 Å². The summed E-state index contributed by atoms with van der Waals surface area (Å²) in [6, 6.07) is 0. The van der Waals surface area contributed by atoms with E-state index in [9.17, 15) is 9.59 Å². The van der Waals surface area contributed by atoms with Crippen molar-refractivity contribution in [3.8, 4) is 0 Å². The van der Waals surface area contributed by atoms with Gasteiger partial charge in [-0.05, 0) is 27.7 Å². The van der Waals surface area contributed by atoms with Crippen LogP contribution in [0.15, 0.2) is 17.6 Å². The van der Waals surface area contributed by atoms with Gasteiger partial charge < -0.3 is 9.47 Å². The van der Waals surface area contributed by atoms with E-state index < -0.39 is 11.6 Å². The predicted molar refractivity (Wildman–Crippen MR) is 69.6 cm³/mol. The minimum atomic E-state index is -0.524. The topological polar surface area (TPSA) is 65.0 Å². The molecular weight excluding hydrogens is 234 g/mol. The lowest BCUT2D eigenvalue weighted by molar-refractivity contribution is -0.153. The number of hydrogen-bond donors (Lipinski definition) is 0. The first-order chi connectivity index (χ1) is 8.24. The molecule has 0 aliphatic rings. The van der Waals surface area contributed by atoms with Crippen molar-refractivity contribution in [1.29, 1.82) is 0 Å². The van der Waals surface area contributed by atoms with Gasteiger partial charge in [-0.2, -0.15) is 0 Å². The standard InChI is InChI=1S/C13H21NO4/c1-6-7-17-11(15)8-10(2)14-9-12(16)18-13(3,4)5/h6H,1,7-9H2,2-5H3. The summed E-state index contributed by atoms with van der Waals surface area (Å²) in [6.45, 7) is 10.6. The first-order valence-electron chi connectivity index (χ1n) is 5.73. The normalized spacial score (nSPS) is 11.9. The fraction of sp³-hybridized carbons (Fsp3) is 0.615. The van der Waals surface area contributed by atoms with Gasteiger partial charge in [-0.1, -0.05) is 12.7 Å². The molecule has 0 radical (unpaired) electrons. The third kappa shape index (κ3) is 9.57. The minimum Gasteiger partial charge on any atom is -0.461 e. The summed E-state index contributed by atoms with van der Waals surface area (Å²) in [5.41, 5.74) is 0.0126. The Morgan fingerprint density at radius 3 is 2.39 bits per heavy atom. The van der Waals surface area contributed by atoms with Crippen LogP contribution < -0.4 is 0 Å². The Balaban J connectivity index is 4.07. The van der Waals surface area contributed by atoms with Crippen LogP contribution in [0.5, 0.6) is 0 Å². The second kappa shape index (κ2) is 7.63. The third-order valence-corrected chi connectivity index (χ3v) is 1.66. The molecule has 0 saturated heterocycles. The molecule has 5 nitrogen and oxygen atoms in total. The molecule has 102 valence electrons. The number of aliphatic imine (C=N–C) groups is 1. The van der Waals surface area contributed by atoms with Crippen LogP contribution in [-0.4, -0.2) is 36.4 Å². The number of ether oxygens (including phenoxy) is 2. The van der Waals surface area contributed by atoms with E-state index in [4.69, 9.17) is 9.47 Å². The van der Waals surface area contributed by atoms with E-state index in [1.54, 1.807) is 27.7 Å². The van der Waals surface area contributed by atoms with Gasteiger partial charge in [-0.3, -0.25) is 14.6 Å². The highest BCUT2D eigenvalue weighted by molar-refractivity contribution is 5.98. The molecule has 0 heterocycles. The Bertz CT molecular complexity index is 339. The van der Waals surface area contributed by atoms with Crippen molar-refractivity contribution in [2.24, 2.45) is 4.99 Å². The van der Waals surface area contributed by atoms with Crippen LogP contribution >= 0.6 is 0 Å². The van der Waals surface area contributed by atoms with Crippen LogP contribution in [0.2, 0.25) is 0 Å². The van der Waals surface area contributed by atoms with Crippen LogP contribution in [0, 0.1) is 0 Å². The number of carbonyl (C=O) groups is 2. The van der Waals surface area contributed by atoms with Gasteiger partial charge in [-0.25, -0.2) is 0 Å². The fourth-order valence-electron chi connectivity index (χ4n) is 1.04. The number of esters is 2. The lowest BCUT2D eigenvalue weighted by atomic mass is 10.2. The highest BCUT2D eigenvalue weighted by Crippen LogP contribution is 2.06. The van der Waals surface area contributed by atoms with E-state index >= 15 is 0 Å². The summed E-state index contributed by atoms with van der Waals surface area (Å²) < 4.78 is 9.88. The van der Waals surface area contributed by atoms with Gasteiger partial charge in [0.25, 0.3) is 0 Å². The van der Waals surface area contributed by atoms with Crippen molar-refractivity contribution in [2.45, 2.75) is 39.7 Å². The smallest absolute Gasteiger partial charge is 0.328 e. The molecule has 5 heteroatoms. The van der Waals surface area contributed by atoms with E-state index in [2.05, 4.69) is 11.6 Å². The molecule has 18 heavy (non-hydrogen) atoms. The predicted octanol–water partition coefficient (Wildman–Crippen LogP) is 1.91. The average Bonchev–Trinajstić information content (AvgIpc) is 2.21. The molecule has 0 saturated carbocycles. The summed E-state index contributed by atoms with van der Waals surface area (Å²) in [5.74, 6) is -0.804. The van der Waals surface area contributed by atoms with Crippen molar-refractivity contribution in [3.63, 3.8) is 0 Å². The molecule has 0 amide bonds. The number of rotatable bonds is 6. The molecule has 0 aliphatic heterocycles. The van der Waals surface area contributed by atoms with Gasteiger partial charge in [0.2, 0.25) is 0 Å². The quantitative estimate of drug-likeness (QED) is 0.413. The van der Waals surface area contributed by atoms with E-state index in [1.165, 1.54) is 6.08 Å². The molecule has 0 aliphatic carbocycles. The van der Waals surface area contributed by atoms with E-state index in [1.807, 2.05) is 0 Å². The molecule has 0 N–H and O–H groups in total. The first kappa shape index (κ1) is 16.4. The SMILES string of the molecule is C=CCOC(=O)CC(C)=NCC(=O)OC(C)(C)C. The van der Waals surface area contributed by atoms with Crippen LogP contribution in [0.1, 0.15) is 34.1 Å². The van der Waals surface area contributed by atoms with Crippen LogP contribution in [0.25, 0.3) is 0 Å². The van der Waals surface area contributed by atoms with Crippen LogP contribution in [0.3, 0.4) is 0 Å². The monoisotopic (exact) mass is 255 g/mol. The van der Waals surface area contributed by atoms with E-state index in [-0.39, 0.29) is 25.5 Å². The second-order valence-corrected chi connectivity index (χ2v) is 4.79. The molecule has 0 aromatic heterocycles. The summed E-state index contributed by atoms with van der Waals surface area (Å²) in [6.07, 6.45) is 1.56. The zero-order valence-corrected chi connectivity index (χ0v) is 11.5. The van der Waals surface area contributed by atoms with Gasteiger partial charge >= 0.3 is 11.9 Å². The van der Waals surface area contributed by atoms with Gasteiger partial charge in [0.15, 0.2) is 0 Å². The number of nitrogens with zero attached hydrogens (tertiary/aromatic N) is 1. The zero-order valence-electron chi connectivity index (χ0n) is 11.5. The van der Waals surface area contributed by atoms with Gasteiger partial charge in [0.05, 0.1) is 6.42 Å². The lowest BCUT2D eigenvalue weighted by Crippen LogP contribution is -2.25. The number of carbonyl (C=O) groups excluding carboxylic acids is 2. The Labute approximate surface area is 108 Å². The first-order valence-corrected chi connectivity index (χ1v) is 5.73. The molecule has 0 bridgehead atoms. The van der Waals surface area contributed by atoms with Crippen molar-refractivity contribution in [2.75, 3.05) is 13.2 Å². The van der Waals surface area contributed by atoms with Gasteiger partial charge in [0, 0.05) is 5.71 Å². The van der Waals surface area contributed by atoms with E-state index in [0.717, 1.165) is 0 Å². The second-order valence-electron chi connectivity index (χ2n) is 4.79. The maximum atomic E-state index is 11.4. The highest BCUT2D eigenvalue weighted by atomic mass is 16.6. The summed E-state index contributed by atoms with van der Waals surface area (Å²) in [4.78, 5) is 26.6. The largest absolute Gasteiger partial charge is 0.461 e. The zero-order chi connectivity index (χ0) is 14.2. The molecule has 0 unspecified atom stereocenters. The Morgan fingerprint density at radius 2 is 1.89 bits per heavy atom. The summed E-state index contributed by atoms with van der Waals surface area (Å²) in [5, 5.41) is 0. The number of hydrogen-bond acceptors (Lipinski definition) is 5. The molecule has 0 fully saturated rings. The maximum Gasteiger partial charge on any atom is 0.328 e. The van der Waals surface area contributed by atoms with Crippen molar-refractivity contribution in [1.82, 2.24) is 0 Å². The maximum absolute atomic E-state index is 11.4. The van der Waals surface area contributed by atoms with E-state index in [0.29, 0.717) is 5.71 Å². The van der Waals surface area contributed by atoms with Crippen molar-refractivity contribution < 1.29 is 19.1 Å². The van der Waals surface area contributed by atoms with Crippen molar-refractivity contribution in [3.05, 3.63) is 12.7 Å². The van der Waals surface area contributed by atoms with Gasteiger partial charge in [-0.15, -0.1) is 0 Å². The van der Waals surface area contributed by atoms with Crippen LogP contribution in [0.4, 0.5) is 0 Å². The van der Waals surface area contributed by atoms with Gasteiger partial charge in [0.1, 0.15) is 18.8 Å². The Kier molecular flexibility index (Phi) is 6.93. The minimum absolute atomic E-state index is 0.0661. The lowest BCUT2D eigenvalue weighted by Gasteiger charge is -2.18. The molecule has 0 rings (SSSR count). The molecule has 0 atom stereocenters. The van der Waals surface area contributed by atoms with Crippen molar-refractivity contribution >= 4 is 17.7 Å². The molecule has 0 spiro atoms. The molecule has 0 aromatic carbocycles. The Morgan fingerprint density at radius 1 is 1.28 bits per heavy atom.